The van der Waals surface area contributed by atoms with Crippen LogP contribution < -0.4 is 4.72 Å². The van der Waals surface area contributed by atoms with Crippen molar-refractivity contribution in [1.82, 2.24) is 9.62 Å². The summed E-state index contributed by atoms with van der Waals surface area (Å²) in [6.07, 6.45) is 1.83. The number of unbranched alkanes of at least 4 members (excludes halogenated alkanes) is 1. The zero-order valence-corrected chi connectivity index (χ0v) is 14.8. The number of hydrogen-bond acceptors (Lipinski definition) is 4. The highest BCUT2D eigenvalue weighted by Gasteiger charge is 2.23. The lowest BCUT2D eigenvalue weighted by molar-refractivity contribution is -0.137. The summed E-state index contributed by atoms with van der Waals surface area (Å²) < 4.78 is 27.2. The largest absolute Gasteiger partial charge is 0.481 e. The van der Waals surface area contributed by atoms with Crippen molar-refractivity contribution < 1.29 is 23.1 Å². The van der Waals surface area contributed by atoms with Crippen molar-refractivity contribution in [3.05, 3.63) is 29.8 Å². The predicted molar refractivity (Wildman–Crippen MR) is 90.4 cm³/mol. The molecule has 0 atom stereocenters. The van der Waals surface area contributed by atoms with Crippen molar-refractivity contribution in [2.24, 2.45) is 0 Å². The van der Waals surface area contributed by atoms with Crippen molar-refractivity contribution in [3.63, 3.8) is 0 Å². The molecule has 134 valence electrons. The first-order valence-corrected chi connectivity index (χ1v) is 9.34. The average molecular weight is 356 g/mol. The summed E-state index contributed by atoms with van der Waals surface area (Å²) in [6.45, 7) is 2.57. The van der Waals surface area contributed by atoms with E-state index < -0.39 is 16.0 Å². The number of benzene rings is 1. The van der Waals surface area contributed by atoms with E-state index in [-0.39, 0.29) is 35.8 Å². The van der Waals surface area contributed by atoms with Crippen LogP contribution in [0, 0.1) is 0 Å². The molecule has 0 unspecified atom stereocenters. The molecule has 1 aromatic rings. The number of sulfonamides is 1. The average Bonchev–Trinajstić information content (AvgIpc) is 2.55. The lowest BCUT2D eigenvalue weighted by Gasteiger charge is -2.19. The summed E-state index contributed by atoms with van der Waals surface area (Å²) in [4.78, 5) is 24.4. The van der Waals surface area contributed by atoms with Gasteiger partial charge in [-0.15, -0.1) is 0 Å². The van der Waals surface area contributed by atoms with Gasteiger partial charge in [-0.25, -0.2) is 13.1 Å². The highest BCUT2D eigenvalue weighted by molar-refractivity contribution is 7.89. The Balaban J connectivity index is 2.91. The number of carboxylic acid groups (broad SMARTS) is 1. The van der Waals surface area contributed by atoms with Crippen LogP contribution >= 0.6 is 0 Å². The van der Waals surface area contributed by atoms with E-state index in [2.05, 4.69) is 4.72 Å². The van der Waals surface area contributed by atoms with E-state index in [4.69, 9.17) is 5.11 Å². The van der Waals surface area contributed by atoms with Gasteiger partial charge in [0, 0.05) is 26.6 Å². The molecule has 0 aliphatic rings. The molecule has 0 saturated carbocycles. The summed E-state index contributed by atoms with van der Waals surface area (Å²) in [5.74, 6) is -1.34. The second-order valence-corrected chi connectivity index (χ2v) is 7.21. The number of rotatable bonds is 10. The Kier molecular flexibility index (Phi) is 7.87. The minimum Gasteiger partial charge on any atom is -0.481 e. The van der Waals surface area contributed by atoms with Crippen LogP contribution in [0.5, 0.6) is 0 Å². The lowest BCUT2D eigenvalue weighted by Crippen LogP contribution is -2.31. The van der Waals surface area contributed by atoms with E-state index in [0.717, 1.165) is 12.8 Å². The van der Waals surface area contributed by atoms with Crippen LogP contribution in [0.15, 0.2) is 29.2 Å². The Hall–Kier alpha value is -1.93. The third kappa shape index (κ3) is 5.93. The van der Waals surface area contributed by atoms with E-state index in [1.54, 1.807) is 19.2 Å². The van der Waals surface area contributed by atoms with Gasteiger partial charge in [0.05, 0.1) is 10.5 Å². The van der Waals surface area contributed by atoms with Crippen LogP contribution in [-0.2, 0) is 14.8 Å². The van der Waals surface area contributed by atoms with Crippen molar-refractivity contribution in [2.45, 2.75) is 37.5 Å². The molecule has 0 aliphatic carbocycles. The van der Waals surface area contributed by atoms with Gasteiger partial charge in [0.15, 0.2) is 0 Å². The van der Waals surface area contributed by atoms with E-state index in [9.17, 15) is 18.0 Å². The standard InChI is InChI=1S/C16H24N2O5S/c1-3-4-12-18(2)16(21)13-8-5-6-9-14(13)24(22,23)17-11-7-10-15(19)20/h5-6,8-9,17H,3-4,7,10-12H2,1-2H3,(H,19,20). The van der Waals surface area contributed by atoms with E-state index in [1.165, 1.54) is 17.0 Å². The Morgan fingerprint density at radius 1 is 1.21 bits per heavy atom. The first-order chi connectivity index (χ1) is 11.3. The Bertz CT molecular complexity index is 673. The molecule has 0 saturated heterocycles. The fourth-order valence-corrected chi connectivity index (χ4v) is 3.38. The first kappa shape index (κ1) is 20.1. The molecule has 0 radical (unpaired) electrons. The molecular weight excluding hydrogens is 332 g/mol. The summed E-state index contributed by atoms with van der Waals surface area (Å²) >= 11 is 0. The van der Waals surface area contributed by atoms with E-state index >= 15 is 0 Å². The molecule has 0 fully saturated rings. The smallest absolute Gasteiger partial charge is 0.303 e. The van der Waals surface area contributed by atoms with Crippen LogP contribution in [0.2, 0.25) is 0 Å². The molecule has 1 aromatic carbocycles. The van der Waals surface area contributed by atoms with Gasteiger partial charge in [-0.2, -0.15) is 0 Å². The molecule has 1 rings (SSSR count). The summed E-state index contributed by atoms with van der Waals surface area (Å²) in [7, 11) is -2.24. The first-order valence-electron chi connectivity index (χ1n) is 7.85. The van der Waals surface area contributed by atoms with Gasteiger partial charge in [0.1, 0.15) is 0 Å². The van der Waals surface area contributed by atoms with Gasteiger partial charge >= 0.3 is 5.97 Å². The maximum absolute atomic E-state index is 12.5. The summed E-state index contributed by atoms with van der Waals surface area (Å²) in [6, 6.07) is 6.02. The lowest BCUT2D eigenvalue weighted by atomic mass is 10.2. The molecule has 0 bridgehead atoms. The highest BCUT2D eigenvalue weighted by atomic mass is 32.2. The zero-order chi connectivity index (χ0) is 18.2. The fourth-order valence-electron chi connectivity index (χ4n) is 2.10. The molecule has 24 heavy (non-hydrogen) atoms. The second kappa shape index (κ2) is 9.39. The SMILES string of the molecule is CCCCN(C)C(=O)c1ccccc1S(=O)(=O)NCCCC(=O)O. The van der Waals surface area contributed by atoms with Crippen molar-refractivity contribution in [2.75, 3.05) is 20.1 Å². The van der Waals surface area contributed by atoms with Crippen LogP contribution in [0.4, 0.5) is 0 Å². The maximum atomic E-state index is 12.5. The number of carbonyl (C=O) groups excluding carboxylic acids is 1. The molecule has 8 heteroatoms. The molecule has 0 heterocycles. The van der Waals surface area contributed by atoms with Crippen LogP contribution in [0.1, 0.15) is 43.0 Å². The van der Waals surface area contributed by atoms with Crippen LogP contribution in [0.3, 0.4) is 0 Å². The Morgan fingerprint density at radius 2 is 1.88 bits per heavy atom. The Morgan fingerprint density at radius 3 is 2.50 bits per heavy atom. The van der Waals surface area contributed by atoms with Gasteiger partial charge in [0.2, 0.25) is 10.0 Å². The topological polar surface area (TPSA) is 104 Å². The van der Waals surface area contributed by atoms with E-state index in [0.29, 0.717) is 6.54 Å². The maximum Gasteiger partial charge on any atom is 0.303 e. The van der Waals surface area contributed by atoms with Gasteiger partial charge in [-0.1, -0.05) is 25.5 Å². The predicted octanol–water partition coefficient (Wildman–Crippen LogP) is 1.70. The molecule has 0 spiro atoms. The quantitative estimate of drug-likeness (QED) is 0.621. The number of carbonyl (C=O) groups is 2. The molecule has 7 nitrogen and oxygen atoms in total. The zero-order valence-electron chi connectivity index (χ0n) is 14.0. The molecular formula is C16H24N2O5S. The van der Waals surface area contributed by atoms with Crippen LogP contribution in [0.25, 0.3) is 0 Å². The minimum atomic E-state index is -3.88. The van der Waals surface area contributed by atoms with Crippen molar-refractivity contribution in [3.8, 4) is 0 Å². The van der Waals surface area contributed by atoms with Gasteiger partial charge < -0.3 is 10.0 Å². The number of nitrogens with zero attached hydrogens (tertiary/aromatic N) is 1. The van der Waals surface area contributed by atoms with Gasteiger partial charge in [0.25, 0.3) is 5.91 Å². The van der Waals surface area contributed by atoms with Gasteiger partial charge in [-0.3, -0.25) is 9.59 Å². The number of amides is 1. The number of carboxylic acids is 1. The highest BCUT2D eigenvalue weighted by Crippen LogP contribution is 2.17. The molecule has 0 aromatic heterocycles. The third-order valence-corrected chi connectivity index (χ3v) is 4.98. The second-order valence-electron chi connectivity index (χ2n) is 5.47. The number of aliphatic carboxylic acids is 1. The Labute approximate surface area is 142 Å². The number of hydrogen-bond donors (Lipinski definition) is 2. The van der Waals surface area contributed by atoms with E-state index in [1.807, 2.05) is 6.92 Å². The molecule has 0 aliphatic heterocycles. The normalized spacial score (nSPS) is 11.2. The number of nitrogens with one attached hydrogen (secondary N) is 1. The summed E-state index contributed by atoms with van der Waals surface area (Å²) in [5.41, 5.74) is 0.113. The summed E-state index contributed by atoms with van der Waals surface area (Å²) in [5, 5.41) is 8.58. The minimum absolute atomic E-state index is 0.00281. The molecule has 2 N–H and O–H groups in total. The third-order valence-electron chi connectivity index (χ3n) is 3.46. The molecule has 1 amide bonds. The van der Waals surface area contributed by atoms with Gasteiger partial charge in [-0.05, 0) is 25.0 Å². The fraction of sp³-hybridized carbons (Fsp3) is 0.500. The monoisotopic (exact) mass is 356 g/mol. The van der Waals surface area contributed by atoms with Crippen LogP contribution in [-0.4, -0.2) is 50.4 Å². The van der Waals surface area contributed by atoms with Crippen molar-refractivity contribution in [1.29, 1.82) is 0 Å². The van der Waals surface area contributed by atoms with Crippen molar-refractivity contribution >= 4 is 21.9 Å².